The molecule has 96 valence electrons. The summed E-state index contributed by atoms with van der Waals surface area (Å²) in [7, 11) is 0. The minimum absolute atomic E-state index is 0.144. The topological polar surface area (TPSA) is 93.2 Å². The zero-order valence-corrected chi connectivity index (χ0v) is 10.3. The van der Waals surface area contributed by atoms with Crippen molar-refractivity contribution in [1.29, 1.82) is 0 Å². The predicted molar refractivity (Wildman–Crippen MR) is 64.1 cm³/mol. The number of rotatable bonds is 7. The van der Waals surface area contributed by atoms with E-state index in [4.69, 9.17) is 5.73 Å². The standard InChI is InChI=1S/C11H20N4O2/c1-3-8(2)15-5-4-9(14-15)6-13-7-10(16)11(12)17/h4-5,8,10,13,16H,3,6-7H2,1-2H3,(H2,12,17). The molecule has 2 unspecified atom stereocenters. The fourth-order valence-electron chi connectivity index (χ4n) is 1.34. The van der Waals surface area contributed by atoms with Crippen molar-refractivity contribution in [3.8, 4) is 0 Å². The van der Waals surface area contributed by atoms with Gasteiger partial charge in [0.05, 0.1) is 5.69 Å². The van der Waals surface area contributed by atoms with E-state index in [2.05, 4.69) is 24.3 Å². The number of carbonyl (C=O) groups is 1. The van der Waals surface area contributed by atoms with Crippen molar-refractivity contribution in [1.82, 2.24) is 15.1 Å². The molecule has 4 N–H and O–H groups in total. The molecule has 1 aromatic heterocycles. The fourth-order valence-corrected chi connectivity index (χ4v) is 1.34. The Morgan fingerprint density at radius 1 is 1.71 bits per heavy atom. The molecule has 0 aromatic carbocycles. The largest absolute Gasteiger partial charge is 0.382 e. The Morgan fingerprint density at radius 2 is 2.41 bits per heavy atom. The van der Waals surface area contributed by atoms with Gasteiger partial charge in [-0.1, -0.05) is 6.92 Å². The molecule has 0 saturated heterocycles. The smallest absolute Gasteiger partial charge is 0.247 e. The maximum atomic E-state index is 10.6. The van der Waals surface area contributed by atoms with Crippen molar-refractivity contribution >= 4 is 5.91 Å². The summed E-state index contributed by atoms with van der Waals surface area (Å²) in [6.07, 6.45) is 1.80. The molecular weight excluding hydrogens is 220 g/mol. The molecule has 0 bridgehead atoms. The van der Waals surface area contributed by atoms with E-state index in [0.29, 0.717) is 12.6 Å². The first kappa shape index (κ1) is 13.7. The normalized spacial score (nSPS) is 14.5. The highest BCUT2D eigenvalue weighted by Crippen LogP contribution is 2.08. The summed E-state index contributed by atoms with van der Waals surface area (Å²) < 4.78 is 1.90. The number of hydrogen-bond acceptors (Lipinski definition) is 4. The number of nitrogens with one attached hydrogen (secondary N) is 1. The molecule has 0 aliphatic heterocycles. The molecule has 0 aliphatic rings. The van der Waals surface area contributed by atoms with Crippen LogP contribution in [0, 0.1) is 0 Å². The van der Waals surface area contributed by atoms with E-state index in [9.17, 15) is 9.90 Å². The Bertz CT molecular complexity index is 364. The Morgan fingerprint density at radius 3 is 3.00 bits per heavy atom. The summed E-state index contributed by atoms with van der Waals surface area (Å²) in [5.74, 6) is -0.720. The van der Waals surface area contributed by atoms with Gasteiger partial charge in [-0.15, -0.1) is 0 Å². The summed E-state index contributed by atoms with van der Waals surface area (Å²) in [6, 6.07) is 2.29. The van der Waals surface area contributed by atoms with Gasteiger partial charge in [-0.25, -0.2) is 0 Å². The molecule has 1 rings (SSSR count). The van der Waals surface area contributed by atoms with Gasteiger partial charge in [-0.3, -0.25) is 9.48 Å². The lowest BCUT2D eigenvalue weighted by atomic mass is 10.3. The van der Waals surface area contributed by atoms with E-state index in [1.165, 1.54) is 0 Å². The average Bonchev–Trinajstić information content (AvgIpc) is 2.76. The minimum atomic E-state index is -1.15. The second kappa shape index (κ2) is 6.36. The Balaban J connectivity index is 2.37. The molecule has 1 amide bonds. The molecule has 1 aromatic rings. The zero-order chi connectivity index (χ0) is 12.8. The number of carbonyl (C=O) groups excluding carboxylic acids is 1. The fraction of sp³-hybridized carbons (Fsp3) is 0.636. The Labute approximate surface area is 101 Å². The highest BCUT2D eigenvalue weighted by Gasteiger charge is 2.10. The van der Waals surface area contributed by atoms with Crippen LogP contribution in [0.1, 0.15) is 32.0 Å². The van der Waals surface area contributed by atoms with E-state index in [1.807, 2.05) is 16.9 Å². The summed E-state index contributed by atoms with van der Waals surface area (Å²) in [5, 5.41) is 16.5. The highest BCUT2D eigenvalue weighted by atomic mass is 16.3. The van der Waals surface area contributed by atoms with Crippen molar-refractivity contribution in [2.24, 2.45) is 5.73 Å². The van der Waals surface area contributed by atoms with Crippen LogP contribution in [0.2, 0.25) is 0 Å². The van der Waals surface area contributed by atoms with E-state index in [-0.39, 0.29) is 6.54 Å². The lowest BCUT2D eigenvalue weighted by Gasteiger charge is -2.09. The molecule has 1 heterocycles. The van der Waals surface area contributed by atoms with Gasteiger partial charge in [0, 0.05) is 25.3 Å². The van der Waals surface area contributed by atoms with Crippen LogP contribution < -0.4 is 11.1 Å². The highest BCUT2D eigenvalue weighted by molar-refractivity contribution is 5.78. The Hall–Kier alpha value is -1.40. The maximum absolute atomic E-state index is 10.6. The quantitative estimate of drug-likeness (QED) is 0.615. The van der Waals surface area contributed by atoms with Gasteiger partial charge in [0.15, 0.2) is 0 Å². The molecule has 17 heavy (non-hydrogen) atoms. The first-order valence-electron chi connectivity index (χ1n) is 5.76. The third kappa shape index (κ3) is 4.16. The second-order valence-electron chi connectivity index (χ2n) is 4.09. The van der Waals surface area contributed by atoms with Crippen LogP contribution in [0.25, 0.3) is 0 Å². The van der Waals surface area contributed by atoms with Crippen molar-refractivity contribution in [2.45, 2.75) is 39.0 Å². The van der Waals surface area contributed by atoms with Crippen LogP contribution in [0.5, 0.6) is 0 Å². The molecule has 6 heteroatoms. The molecule has 2 atom stereocenters. The minimum Gasteiger partial charge on any atom is -0.382 e. The van der Waals surface area contributed by atoms with E-state index >= 15 is 0 Å². The van der Waals surface area contributed by atoms with Crippen molar-refractivity contribution in [3.63, 3.8) is 0 Å². The zero-order valence-electron chi connectivity index (χ0n) is 10.3. The third-order valence-electron chi connectivity index (χ3n) is 2.68. The SMILES string of the molecule is CCC(C)n1ccc(CNCC(O)C(N)=O)n1. The Kier molecular flexibility index (Phi) is 5.11. The molecule has 0 spiro atoms. The van der Waals surface area contributed by atoms with Crippen LogP contribution in [0.4, 0.5) is 0 Å². The number of aromatic nitrogens is 2. The van der Waals surface area contributed by atoms with Gasteiger partial charge in [0.25, 0.3) is 0 Å². The van der Waals surface area contributed by atoms with Gasteiger partial charge in [0.2, 0.25) is 5.91 Å². The number of amides is 1. The number of aliphatic hydroxyl groups is 1. The lowest BCUT2D eigenvalue weighted by molar-refractivity contribution is -0.125. The number of nitrogens with two attached hydrogens (primary N) is 1. The van der Waals surface area contributed by atoms with Gasteiger partial charge in [-0.05, 0) is 19.4 Å². The van der Waals surface area contributed by atoms with E-state index in [1.54, 1.807) is 0 Å². The molecule has 0 fully saturated rings. The van der Waals surface area contributed by atoms with Gasteiger partial charge in [0.1, 0.15) is 6.10 Å². The lowest BCUT2D eigenvalue weighted by Crippen LogP contribution is -2.37. The van der Waals surface area contributed by atoms with E-state index in [0.717, 1.165) is 12.1 Å². The van der Waals surface area contributed by atoms with Gasteiger partial charge >= 0.3 is 0 Å². The molecule has 0 radical (unpaired) electrons. The summed E-state index contributed by atoms with van der Waals surface area (Å²) in [4.78, 5) is 10.6. The summed E-state index contributed by atoms with van der Waals surface area (Å²) in [6.45, 7) is 4.85. The average molecular weight is 240 g/mol. The van der Waals surface area contributed by atoms with Crippen LogP contribution in [-0.2, 0) is 11.3 Å². The van der Waals surface area contributed by atoms with Crippen molar-refractivity contribution in [2.75, 3.05) is 6.54 Å². The second-order valence-corrected chi connectivity index (χ2v) is 4.09. The first-order valence-corrected chi connectivity index (χ1v) is 5.76. The van der Waals surface area contributed by atoms with Crippen molar-refractivity contribution in [3.05, 3.63) is 18.0 Å². The predicted octanol–water partition coefficient (Wildman–Crippen LogP) is -0.210. The molecular formula is C11H20N4O2. The van der Waals surface area contributed by atoms with Crippen LogP contribution >= 0.6 is 0 Å². The van der Waals surface area contributed by atoms with E-state index < -0.39 is 12.0 Å². The molecule has 6 nitrogen and oxygen atoms in total. The number of aliphatic hydroxyl groups excluding tert-OH is 1. The molecule has 0 aliphatic carbocycles. The van der Waals surface area contributed by atoms with Crippen LogP contribution in [0.15, 0.2) is 12.3 Å². The summed E-state index contributed by atoms with van der Waals surface area (Å²) in [5.41, 5.74) is 5.81. The maximum Gasteiger partial charge on any atom is 0.247 e. The van der Waals surface area contributed by atoms with Crippen molar-refractivity contribution < 1.29 is 9.90 Å². The summed E-state index contributed by atoms with van der Waals surface area (Å²) >= 11 is 0. The number of hydrogen-bond donors (Lipinski definition) is 3. The third-order valence-corrected chi connectivity index (χ3v) is 2.68. The van der Waals surface area contributed by atoms with Gasteiger partial charge in [-0.2, -0.15) is 5.10 Å². The monoisotopic (exact) mass is 240 g/mol. The van der Waals surface area contributed by atoms with Crippen LogP contribution in [-0.4, -0.2) is 33.4 Å². The number of nitrogens with zero attached hydrogens (tertiary/aromatic N) is 2. The number of primary amides is 1. The molecule has 0 saturated carbocycles. The van der Waals surface area contributed by atoms with Crippen LogP contribution in [0.3, 0.4) is 0 Å². The van der Waals surface area contributed by atoms with Gasteiger partial charge < -0.3 is 16.2 Å². The first-order chi connectivity index (χ1) is 8.04.